The Morgan fingerprint density at radius 3 is 2.03 bits per heavy atom. The van der Waals surface area contributed by atoms with Crippen molar-refractivity contribution in [2.75, 3.05) is 41.3 Å². The Labute approximate surface area is 204 Å². The number of rotatable bonds is 6. The average molecular weight is 473 g/mol. The summed E-state index contributed by atoms with van der Waals surface area (Å²) in [6.45, 7) is 0. The molecule has 1 heterocycles. The van der Waals surface area contributed by atoms with Crippen LogP contribution in [0.1, 0.15) is 22.6 Å². The lowest BCUT2D eigenvalue weighted by molar-refractivity contribution is 0.323. The third-order valence-corrected chi connectivity index (χ3v) is 6.71. The van der Waals surface area contributed by atoms with Gasteiger partial charge in [-0.05, 0) is 77.0 Å². The van der Waals surface area contributed by atoms with Crippen LogP contribution < -0.4 is 29.4 Å². The van der Waals surface area contributed by atoms with E-state index in [1.807, 2.05) is 36.4 Å². The Hall–Kier alpha value is -4.13. The zero-order valence-corrected chi connectivity index (χ0v) is 20.5. The maximum Gasteiger partial charge on any atom is 0.203 e. The number of anilines is 1. The molecule has 5 rings (SSSR count). The number of benzene rings is 3. The van der Waals surface area contributed by atoms with E-state index < -0.39 is 0 Å². The predicted octanol–water partition coefficient (Wildman–Crippen LogP) is 5.22. The van der Waals surface area contributed by atoms with E-state index in [-0.39, 0.29) is 5.92 Å². The minimum absolute atomic E-state index is 0.0546. The molecule has 7 heteroatoms. The summed E-state index contributed by atoms with van der Waals surface area (Å²) in [4.78, 5) is 4.90. The number of fused-ring (bicyclic) bond motifs is 5. The molecule has 0 saturated heterocycles. The van der Waals surface area contributed by atoms with Crippen molar-refractivity contribution in [3.63, 3.8) is 0 Å². The van der Waals surface area contributed by atoms with Crippen molar-refractivity contribution in [3.05, 3.63) is 65.2 Å². The van der Waals surface area contributed by atoms with Gasteiger partial charge >= 0.3 is 0 Å². The number of nitrogens with two attached hydrogens (primary N) is 1. The van der Waals surface area contributed by atoms with Crippen LogP contribution in [0.15, 0.2) is 48.5 Å². The predicted molar refractivity (Wildman–Crippen MR) is 136 cm³/mol. The van der Waals surface area contributed by atoms with Gasteiger partial charge in [0.15, 0.2) is 11.5 Å². The van der Waals surface area contributed by atoms with Crippen LogP contribution in [-0.2, 0) is 6.42 Å². The van der Waals surface area contributed by atoms with E-state index in [1.54, 1.807) is 35.5 Å². The van der Waals surface area contributed by atoms with Gasteiger partial charge in [-0.3, -0.25) is 0 Å². The summed E-state index contributed by atoms with van der Waals surface area (Å²) < 4.78 is 28.0. The van der Waals surface area contributed by atoms with E-state index in [4.69, 9.17) is 34.4 Å². The molecule has 0 amide bonds. The molecule has 0 aliphatic heterocycles. The van der Waals surface area contributed by atoms with Crippen molar-refractivity contribution in [1.82, 2.24) is 4.98 Å². The lowest BCUT2D eigenvalue weighted by Gasteiger charge is -2.30. The zero-order valence-electron chi connectivity index (χ0n) is 20.5. The highest BCUT2D eigenvalue weighted by Crippen LogP contribution is 2.49. The van der Waals surface area contributed by atoms with Crippen LogP contribution in [0, 0.1) is 0 Å². The van der Waals surface area contributed by atoms with E-state index >= 15 is 0 Å². The second-order valence-electron chi connectivity index (χ2n) is 8.41. The molecule has 2 N–H and O–H groups in total. The van der Waals surface area contributed by atoms with Gasteiger partial charge in [0.05, 0.1) is 41.2 Å². The summed E-state index contributed by atoms with van der Waals surface area (Å²) in [5, 5.41) is 1.89. The second-order valence-corrected chi connectivity index (χ2v) is 8.41. The van der Waals surface area contributed by atoms with Crippen molar-refractivity contribution in [3.8, 4) is 40.0 Å². The minimum atomic E-state index is -0.0546. The number of ether oxygens (including phenoxy) is 5. The normalized spacial score (nSPS) is 14.1. The van der Waals surface area contributed by atoms with Gasteiger partial charge in [-0.25, -0.2) is 4.98 Å². The van der Waals surface area contributed by atoms with Gasteiger partial charge in [0.1, 0.15) is 17.3 Å². The number of hydrogen-bond donors (Lipinski definition) is 1. The Bertz CT molecular complexity index is 1410. The highest BCUT2D eigenvalue weighted by atomic mass is 16.5. The van der Waals surface area contributed by atoms with Crippen molar-refractivity contribution >= 4 is 16.6 Å². The first-order chi connectivity index (χ1) is 17.0. The first kappa shape index (κ1) is 22.7. The van der Waals surface area contributed by atoms with Gasteiger partial charge in [-0.15, -0.1) is 0 Å². The maximum atomic E-state index is 6.47. The topological polar surface area (TPSA) is 85.1 Å². The highest BCUT2D eigenvalue weighted by Gasteiger charge is 2.32. The van der Waals surface area contributed by atoms with Crippen molar-refractivity contribution in [2.45, 2.75) is 12.3 Å². The van der Waals surface area contributed by atoms with E-state index in [9.17, 15) is 0 Å². The first-order valence-corrected chi connectivity index (χ1v) is 11.3. The monoisotopic (exact) mass is 472 g/mol. The third kappa shape index (κ3) is 3.64. The van der Waals surface area contributed by atoms with Crippen LogP contribution in [0.25, 0.3) is 22.0 Å². The molecule has 4 aromatic rings. The van der Waals surface area contributed by atoms with Gasteiger partial charge < -0.3 is 29.4 Å². The van der Waals surface area contributed by atoms with Gasteiger partial charge in [0.2, 0.25) is 5.75 Å². The fourth-order valence-electron chi connectivity index (χ4n) is 5.03. The summed E-state index contributed by atoms with van der Waals surface area (Å²) in [6, 6.07) is 16.0. The summed E-state index contributed by atoms with van der Waals surface area (Å²) in [5.41, 5.74) is 11.6. The Morgan fingerprint density at radius 1 is 0.743 bits per heavy atom. The molecule has 1 aromatic heterocycles. The molecule has 0 spiro atoms. The summed E-state index contributed by atoms with van der Waals surface area (Å²) in [5.74, 6) is 3.74. The fourth-order valence-corrected chi connectivity index (χ4v) is 5.03. The van der Waals surface area contributed by atoms with Gasteiger partial charge in [-0.1, -0.05) is 0 Å². The SMILES string of the molecule is COc1ccc2c(c1)CC(c1cc(OC)c(OC)c(OC)c1)c1c-2nc(N)c2ccc(OC)cc12. The van der Waals surface area contributed by atoms with E-state index in [1.165, 1.54) is 0 Å². The summed E-state index contributed by atoms with van der Waals surface area (Å²) in [7, 11) is 8.18. The smallest absolute Gasteiger partial charge is 0.203 e. The van der Waals surface area contributed by atoms with Gasteiger partial charge in [0, 0.05) is 16.9 Å². The van der Waals surface area contributed by atoms with Gasteiger partial charge in [-0.2, -0.15) is 0 Å². The van der Waals surface area contributed by atoms with Crippen LogP contribution in [0.3, 0.4) is 0 Å². The van der Waals surface area contributed by atoms with Crippen LogP contribution >= 0.6 is 0 Å². The third-order valence-electron chi connectivity index (χ3n) is 6.71. The lowest BCUT2D eigenvalue weighted by atomic mass is 9.75. The molecule has 1 aliphatic carbocycles. The standard InChI is InChI=1S/C28H28N2O5/c1-31-17-6-8-19-15(10-17)11-21(16-12-23(33-3)27(35-5)24(13-16)34-4)25-22-14-18(32-2)7-9-20(22)28(29)30-26(19)25/h6-10,12-14,21H,11H2,1-5H3,(H2,29,30). The van der Waals surface area contributed by atoms with E-state index in [0.717, 1.165) is 56.6 Å². The molecule has 0 bridgehead atoms. The molecular formula is C28H28N2O5. The van der Waals surface area contributed by atoms with E-state index in [2.05, 4.69) is 12.1 Å². The minimum Gasteiger partial charge on any atom is -0.497 e. The summed E-state index contributed by atoms with van der Waals surface area (Å²) in [6.07, 6.45) is 0.732. The quantitative estimate of drug-likeness (QED) is 0.412. The number of nitrogens with zero attached hydrogens (tertiary/aromatic N) is 1. The molecular weight excluding hydrogens is 444 g/mol. The molecule has 1 aliphatic rings. The first-order valence-electron chi connectivity index (χ1n) is 11.3. The molecule has 180 valence electrons. The number of hydrogen-bond acceptors (Lipinski definition) is 7. The molecule has 1 unspecified atom stereocenters. The van der Waals surface area contributed by atoms with Crippen molar-refractivity contribution < 1.29 is 23.7 Å². The lowest BCUT2D eigenvalue weighted by Crippen LogP contribution is -2.16. The highest BCUT2D eigenvalue weighted by molar-refractivity contribution is 5.99. The van der Waals surface area contributed by atoms with Crippen LogP contribution in [-0.4, -0.2) is 40.5 Å². The molecule has 0 saturated carbocycles. The molecule has 1 atom stereocenters. The number of aromatic nitrogens is 1. The van der Waals surface area contributed by atoms with Crippen LogP contribution in [0.4, 0.5) is 5.82 Å². The fraction of sp³-hybridized carbons (Fsp3) is 0.250. The van der Waals surface area contributed by atoms with Crippen molar-refractivity contribution in [1.29, 1.82) is 0 Å². The molecule has 7 nitrogen and oxygen atoms in total. The average Bonchev–Trinajstić information content (AvgIpc) is 2.90. The Morgan fingerprint density at radius 2 is 1.40 bits per heavy atom. The second kappa shape index (κ2) is 8.91. The van der Waals surface area contributed by atoms with Gasteiger partial charge in [0.25, 0.3) is 0 Å². The number of nitrogen functional groups attached to an aromatic ring is 1. The van der Waals surface area contributed by atoms with Crippen molar-refractivity contribution in [2.24, 2.45) is 0 Å². The zero-order chi connectivity index (χ0) is 24.7. The largest absolute Gasteiger partial charge is 0.497 e. The number of pyridine rings is 1. The van der Waals surface area contributed by atoms with Crippen LogP contribution in [0.2, 0.25) is 0 Å². The Balaban J connectivity index is 1.85. The van der Waals surface area contributed by atoms with Crippen LogP contribution in [0.5, 0.6) is 28.7 Å². The Kier molecular flexibility index (Phi) is 5.76. The maximum absolute atomic E-state index is 6.47. The van der Waals surface area contributed by atoms with E-state index in [0.29, 0.717) is 23.1 Å². The molecule has 0 radical (unpaired) electrons. The molecule has 0 fully saturated rings. The number of methoxy groups -OCH3 is 5. The molecule has 3 aromatic carbocycles. The molecule has 35 heavy (non-hydrogen) atoms. The summed E-state index contributed by atoms with van der Waals surface area (Å²) >= 11 is 0.